The van der Waals surface area contributed by atoms with E-state index < -0.39 is 0 Å². The molecule has 0 saturated heterocycles. The molecule has 6 nitrogen and oxygen atoms in total. The summed E-state index contributed by atoms with van der Waals surface area (Å²) in [5, 5.41) is 7.45. The number of hydrogen-bond acceptors (Lipinski definition) is 1. The maximum absolute atomic E-state index is 5.63. The molecule has 69 heavy (non-hydrogen) atoms. The number of imidazole rings is 2. The SMILES string of the molecule is Cc1cccc(-n2c3ccccc3n3c4c(cc(-c5ccc(-n6c7ccccc7c7c8c9ccccc9n(-c9ccccc9)c8ccc76)cc5C)c5c6ccccc6n(-c6ccccc6)c54)nc23)c1. The fourth-order valence-electron chi connectivity index (χ4n) is 11.8. The van der Waals surface area contributed by atoms with Gasteiger partial charge in [0.05, 0.1) is 55.2 Å². The molecule has 0 aliphatic heterocycles. The van der Waals surface area contributed by atoms with E-state index in [0.29, 0.717) is 0 Å². The molecule has 0 radical (unpaired) electrons. The van der Waals surface area contributed by atoms with Crippen LogP contribution >= 0.6 is 0 Å². The van der Waals surface area contributed by atoms with Gasteiger partial charge in [0.25, 0.3) is 0 Å². The lowest BCUT2D eigenvalue weighted by molar-refractivity contribution is 1.10. The third-order valence-electron chi connectivity index (χ3n) is 14.6. The Morgan fingerprint density at radius 1 is 0.319 bits per heavy atom. The van der Waals surface area contributed by atoms with Gasteiger partial charge in [0, 0.05) is 55.1 Å². The summed E-state index contributed by atoms with van der Waals surface area (Å²) in [5.41, 5.74) is 20.6. The molecule has 0 spiro atoms. The van der Waals surface area contributed by atoms with Gasteiger partial charge in [-0.15, -0.1) is 0 Å². The second-order valence-corrected chi connectivity index (χ2v) is 18.5. The minimum absolute atomic E-state index is 0.888. The van der Waals surface area contributed by atoms with Crippen LogP contribution in [0.1, 0.15) is 11.1 Å². The monoisotopic (exact) mass is 882 g/mol. The molecule has 0 aliphatic rings. The molecule has 15 aromatic rings. The van der Waals surface area contributed by atoms with Crippen LogP contribution in [0.5, 0.6) is 0 Å². The minimum atomic E-state index is 0.888. The molecule has 5 aromatic heterocycles. The molecule has 0 aliphatic carbocycles. The number of fused-ring (bicyclic) bond motifs is 16. The van der Waals surface area contributed by atoms with Crippen LogP contribution in [0.4, 0.5) is 0 Å². The summed E-state index contributed by atoms with van der Waals surface area (Å²) in [6.45, 7) is 4.43. The zero-order valence-corrected chi connectivity index (χ0v) is 38.0. The van der Waals surface area contributed by atoms with Crippen molar-refractivity contribution in [3.05, 3.63) is 230 Å². The lowest BCUT2D eigenvalue weighted by Crippen LogP contribution is -1.97. The quantitative estimate of drug-likeness (QED) is 0.170. The second-order valence-electron chi connectivity index (χ2n) is 18.5. The van der Waals surface area contributed by atoms with E-state index in [0.717, 1.165) is 67.2 Å². The van der Waals surface area contributed by atoms with Gasteiger partial charge in [0.2, 0.25) is 5.78 Å². The van der Waals surface area contributed by atoms with Crippen LogP contribution < -0.4 is 0 Å². The Bertz CT molecular complexity index is 4610. The Morgan fingerprint density at radius 2 is 0.826 bits per heavy atom. The molecule has 0 amide bonds. The first-order chi connectivity index (χ1) is 34.1. The second kappa shape index (κ2) is 14.2. The molecule has 0 atom stereocenters. The largest absolute Gasteiger partial charge is 0.309 e. The summed E-state index contributed by atoms with van der Waals surface area (Å²) < 4.78 is 12.1. The summed E-state index contributed by atoms with van der Waals surface area (Å²) in [6.07, 6.45) is 0. The minimum Gasteiger partial charge on any atom is -0.309 e. The molecular weight excluding hydrogens is 841 g/mol. The van der Waals surface area contributed by atoms with Crippen molar-refractivity contribution in [1.29, 1.82) is 0 Å². The van der Waals surface area contributed by atoms with Crippen molar-refractivity contribution in [3.8, 4) is 33.9 Å². The topological polar surface area (TPSA) is 37.0 Å². The maximum atomic E-state index is 5.63. The van der Waals surface area contributed by atoms with Crippen LogP contribution in [-0.4, -0.2) is 27.7 Å². The number of nitrogens with zero attached hydrogens (tertiary/aromatic N) is 6. The number of aromatic nitrogens is 6. The first kappa shape index (κ1) is 38.0. The lowest BCUT2D eigenvalue weighted by atomic mass is 9.94. The van der Waals surface area contributed by atoms with Gasteiger partial charge in [-0.2, -0.15) is 0 Å². The van der Waals surface area contributed by atoms with Crippen LogP contribution in [0.2, 0.25) is 0 Å². The zero-order chi connectivity index (χ0) is 45.5. The highest BCUT2D eigenvalue weighted by Gasteiger charge is 2.27. The zero-order valence-electron chi connectivity index (χ0n) is 38.0. The fraction of sp³-hybridized carbons (Fsp3) is 0.0317. The predicted octanol–water partition coefficient (Wildman–Crippen LogP) is 16.0. The first-order valence-corrected chi connectivity index (χ1v) is 23.7. The van der Waals surface area contributed by atoms with Crippen molar-refractivity contribution in [2.45, 2.75) is 13.8 Å². The normalized spacial score (nSPS) is 12.2. The van der Waals surface area contributed by atoms with Crippen LogP contribution in [-0.2, 0) is 0 Å². The number of benzene rings is 10. The molecule has 0 bridgehead atoms. The number of para-hydroxylation sites is 7. The summed E-state index contributed by atoms with van der Waals surface area (Å²) in [4.78, 5) is 5.63. The third-order valence-corrected chi connectivity index (χ3v) is 14.6. The molecule has 5 heterocycles. The van der Waals surface area contributed by atoms with Gasteiger partial charge >= 0.3 is 0 Å². The van der Waals surface area contributed by atoms with Crippen LogP contribution in [0.15, 0.2) is 218 Å². The van der Waals surface area contributed by atoms with Crippen LogP contribution in [0, 0.1) is 13.8 Å². The molecule has 6 heteroatoms. The summed E-state index contributed by atoms with van der Waals surface area (Å²) in [7, 11) is 0. The molecule has 0 fully saturated rings. The van der Waals surface area contributed by atoms with E-state index in [4.69, 9.17) is 4.98 Å². The number of rotatable bonds is 5. The van der Waals surface area contributed by atoms with Gasteiger partial charge in [-0.3, -0.25) is 8.97 Å². The highest BCUT2D eigenvalue weighted by atomic mass is 15.2. The molecule has 0 unspecified atom stereocenters. The van der Waals surface area contributed by atoms with Crippen molar-refractivity contribution in [2.75, 3.05) is 0 Å². The predicted molar refractivity (Wildman–Crippen MR) is 287 cm³/mol. The molecule has 10 aromatic carbocycles. The van der Waals surface area contributed by atoms with Gasteiger partial charge < -0.3 is 13.7 Å². The molecule has 0 N–H and O–H groups in total. The van der Waals surface area contributed by atoms with Crippen molar-refractivity contribution in [2.24, 2.45) is 0 Å². The number of aryl methyl sites for hydroxylation is 2. The maximum Gasteiger partial charge on any atom is 0.220 e. The summed E-state index contributed by atoms with van der Waals surface area (Å²) >= 11 is 0. The van der Waals surface area contributed by atoms with Gasteiger partial charge in [-0.25, -0.2) is 4.98 Å². The molecule has 0 saturated carbocycles. The standard InChI is InChI=1S/C63H42N6/c1-39-18-17-23-43(36-39)68-54-30-15-16-31-55(54)69-61-50(64-63(68)69)38-49(58-46-24-9-14-29-53(46)67(62(58)61)42-21-7-4-8-22-42)45-33-32-44(37-40(45)2)66-52-28-13-11-26-48(52)60-57(66)35-34-56-59(60)47-25-10-12-27-51(47)65(56)41-19-5-3-6-20-41/h3-38H,1-2H3. The van der Waals surface area contributed by atoms with Gasteiger partial charge in [-0.1, -0.05) is 121 Å². The van der Waals surface area contributed by atoms with E-state index in [2.05, 4.69) is 255 Å². The van der Waals surface area contributed by atoms with E-state index in [-0.39, 0.29) is 0 Å². The fourth-order valence-corrected chi connectivity index (χ4v) is 11.8. The van der Waals surface area contributed by atoms with E-state index in [1.54, 1.807) is 0 Å². The van der Waals surface area contributed by atoms with Crippen molar-refractivity contribution in [1.82, 2.24) is 27.7 Å². The average molecular weight is 883 g/mol. The number of hydrogen-bond donors (Lipinski definition) is 0. The van der Waals surface area contributed by atoms with Crippen molar-refractivity contribution in [3.63, 3.8) is 0 Å². The van der Waals surface area contributed by atoms with Gasteiger partial charge in [-0.05, 0) is 133 Å². The van der Waals surface area contributed by atoms with E-state index in [1.807, 2.05) is 0 Å². The Balaban J connectivity index is 1.02. The van der Waals surface area contributed by atoms with Gasteiger partial charge in [0.1, 0.15) is 0 Å². The Morgan fingerprint density at radius 3 is 1.45 bits per heavy atom. The van der Waals surface area contributed by atoms with Crippen LogP contribution in [0.25, 0.3) is 127 Å². The van der Waals surface area contributed by atoms with E-state index in [1.165, 1.54) is 71.1 Å². The molecule has 15 rings (SSSR count). The van der Waals surface area contributed by atoms with E-state index >= 15 is 0 Å². The van der Waals surface area contributed by atoms with Crippen LogP contribution in [0.3, 0.4) is 0 Å². The first-order valence-electron chi connectivity index (χ1n) is 23.7. The van der Waals surface area contributed by atoms with Gasteiger partial charge in [0.15, 0.2) is 0 Å². The van der Waals surface area contributed by atoms with E-state index in [9.17, 15) is 0 Å². The Hall–Kier alpha value is -9.13. The summed E-state index contributed by atoms with van der Waals surface area (Å²) in [5.74, 6) is 0.888. The van der Waals surface area contributed by atoms with Crippen molar-refractivity contribution >= 4 is 93.3 Å². The lowest BCUT2D eigenvalue weighted by Gasteiger charge is -2.15. The Labute approximate surface area is 396 Å². The molecular formula is C63H42N6. The summed E-state index contributed by atoms with van der Waals surface area (Å²) in [6, 6.07) is 79.6. The highest BCUT2D eigenvalue weighted by molar-refractivity contribution is 6.29. The molecule has 324 valence electrons. The van der Waals surface area contributed by atoms with Crippen molar-refractivity contribution < 1.29 is 0 Å². The average Bonchev–Trinajstić information content (AvgIpc) is 4.19. The highest BCUT2D eigenvalue weighted by Crippen LogP contribution is 2.47. The third kappa shape index (κ3) is 5.23. The smallest absolute Gasteiger partial charge is 0.220 e. The Kier molecular flexibility index (Phi) is 7.82.